The van der Waals surface area contributed by atoms with Gasteiger partial charge in [0.05, 0.1) is 6.54 Å². The smallest absolute Gasteiger partial charge is 0.186 e. The standard InChI is InChI=1S/C10H14N4O/c1-8(15)10(11)13-14(12)7-9-5-3-2-4-6-9/h2-6,15H,1,7,12H2,(H2,11,13). The first-order valence-corrected chi connectivity index (χ1v) is 4.38. The summed E-state index contributed by atoms with van der Waals surface area (Å²) in [6.45, 7) is 3.64. The molecule has 0 saturated heterocycles. The van der Waals surface area contributed by atoms with Crippen molar-refractivity contribution in [2.75, 3.05) is 0 Å². The number of aliphatic hydroxyl groups is 1. The van der Waals surface area contributed by atoms with Crippen molar-refractivity contribution in [3.8, 4) is 0 Å². The number of hydrogen-bond acceptors (Lipinski definition) is 4. The predicted molar refractivity (Wildman–Crippen MR) is 59.6 cm³/mol. The van der Waals surface area contributed by atoms with Crippen LogP contribution in [0.25, 0.3) is 0 Å². The lowest BCUT2D eigenvalue weighted by Crippen LogP contribution is -2.29. The van der Waals surface area contributed by atoms with Gasteiger partial charge in [0, 0.05) is 0 Å². The van der Waals surface area contributed by atoms with Crippen molar-refractivity contribution in [3.05, 3.63) is 48.2 Å². The average molecular weight is 206 g/mol. The molecular formula is C10H14N4O. The maximum Gasteiger partial charge on any atom is 0.186 e. The minimum Gasteiger partial charge on any atom is -0.505 e. The third kappa shape index (κ3) is 3.70. The van der Waals surface area contributed by atoms with E-state index < -0.39 is 0 Å². The maximum atomic E-state index is 8.90. The SMILES string of the molecule is C=C(O)/C(N)=N/N(N)Cc1ccccc1. The van der Waals surface area contributed by atoms with Crippen molar-refractivity contribution >= 4 is 5.84 Å². The average Bonchev–Trinajstić information content (AvgIpc) is 2.18. The van der Waals surface area contributed by atoms with E-state index in [9.17, 15) is 0 Å². The van der Waals surface area contributed by atoms with Gasteiger partial charge >= 0.3 is 0 Å². The van der Waals surface area contributed by atoms with Gasteiger partial charge in [-0.25, -0.2) is 11.0 Å². The van der Waals surface area contributed by atoms with E-state index in [2.05, 4.69) is 11.7 Å². The highest BCUT2D eigenvalue weighted by molar-refractivity contribution is 5.93. The molecule has 0 saturated carbocycles. The number of nitrogens with zero attached hydrogens (tertiary/aromatic N) is 2. The second-order valence-electron chi connectivity index (χ2n) is 3.02. The number of hydrazine groups is 1. The van der Waals surface area contributed by atoms with Crippen LogP contribution in [0, 0.1) is 0 Å². The molecule has 0 aliphatic carbocycles. The van der Waals surface area contributed by atoms with Crippen LogP contribution in [-0.2, 0) is 6.54 Å². The van der Waals surface area contributed by atoms with Crippen LogP contribution < -0.4 is 11.6 Å². The van der Waals surface area contributed by atoms with E-state index in [1.54, 1.807) is 0 Å². The Morgan fingerprint density at radius 2 is 2.00 bits per heavy atom. The largest absolute Gasteiger partial charge is 0.505 e. The van der Waals surface area contributed by atoms with Gasteiger partial charge in [-0.05, 0) is 5.56 Å². The summed E-state index contributed by atoms with van der Waals surface area (Å²) >= 11 is 0. The van der Waals surface area contributed by atoms with Crippen LogP contribution in [0.5, 0.6) is 0 Å². The fourth-order valence-corrected chi connectivity index (χ4v) is 1.00. The van der Waals surface area contributed by atoms with Gasteiger partial charge in [-0.1, -0.05) is 36.9 Å². The summed E-state index contributed by atoms with van der Waals surface area (Å²) in [7, 11) is 0. The number of aliphatic hydroxyl groups excluding tert-OH is 1. The number of amidine groups is 1. The van der Waals surface area contributed by atoms with Crippen LogP contribution >= 0.6 is 0 Å². The molecule has 0 radical (unpaired) electrons. The van der Waals surface area contributed by atoms with Gasteiger partial charge < -0.3 is 10.8 Å². The van der Waals surface area contributed by atoms with E-state index in [0.717, 1.165) is 10.7 Å². The quantitative estimate of drug-likeness (QED) is 0.222. The Kier molecular flexibility index (Phi) is 3.70. The Balaban J connectivity index is 2.61. The first kappa shape index (κ1) is 11.1. The summed E-state index contributed by atoms with van der Waals surface area (Å²) in [5, 5.41) is 13.8. The third-order valence-corrected chi connectivity index (χ3v) is 1.72. The van der Waals surface area contributed by atoms with Crippen LogP contribution in [0.15, 0.2) is 47.8 Å². The monoisotopic (exact) mass is 206 g/mol. The minimum atomic E-state index is -0.293. The number of hydrogen-bond donors (Lipinski definition) is 3. The van der Waals surface area contributed by atoms with Gasteiger partial charge in [0.25, 0.3) is 0 Å². The molecule has 1 aromatic carbocycles. The first-order valence-electron chi connectivity index (χ1n) is 4.38. The maximum absolute atomic E-state index is 8.90. The van der Waals surface area contributed by atoms with Crippen molar-refractivity contribution in [1.29, 1.82) is 0 Å². The Hall–Kier alpha value is -2.01. The van der Waals surface area contributed by atoms with Gasteiger partial charge in [-0.3, -0.25) is 0 Å². The third-order valence-electron chi connectivity index (χ3n) is 1.72. The van der Waals surface area contributed by atoms with E-state index in [0.29, 0.717) is 6.54 Å². The number of rotatable bonds is 4. The fraction of sp³-hybridized carbons (Fsp3) is 0.100. The molecule has 0 unspecified atom stereocenters. The van der Waals surface area contributed by atoms with Crippen LogP contribution in [0.4, 0.5) is 0 Å². The number of benzene rings is 1. The summed E-state index contributed by atoms with van der Waals surface area (Å²) in [4.78, 5) is 0. The molecule has 1 aromatic rings. The summed E-state index contributed by atoms with van der Waals surface area (Å²) < 4.78 is 0. The lowest BCUT2D eigenvalue weighted by molar-refractivity contribution is 0.288. The van der Waals surface area contributed by atoms with Crippen molar-refractivity contribution in [2.45, 2.75) is 6.54 Å². The van der Waals surface area contributed by atoms with E-state index >= 15 is 0 Å². The van der Waals surface area contributed by atoms with Crippen LogP contribution in [0.3, 0.4) is 0 Å². The Morgan fingerprint density at radius 3 is 2.53 bits per heavy atom. The highest BCUT2D eigenvalue weighted by Crippen LogP contribution is 2.01. The lowest BCUT2D eigenvalue weighted by Gasteiger charge is -2.12. The second-order valence-corrected chi connectivity index (χ2v) is 3.02. The van der Waals surface area contributed by atoms with Gasteiger partial charge in [-0.2, -0.15) is 0 Å². The highest BCUT2D eigenvalue weighted by atomic mass is 16.3. The molecule has 0 heterocycles. The van der Waals surface area contributed by atoms with E-state index in [1.165, 1.54) is 0 Å². The molecule has 0 aromatic heterocycles. The van der Waals surface area contributed by atoms with Gasteiger partial charge in [0.15, 0.2) is 11.6 Å². The predicted octanol–water partition coefficient (Wildman–Crippen LogP) is 0.706. The normalized spacial score (nSPS) is 11.1. The molecule has 0 amide bonds. The topological polar surface area (TPSA) is 87.9 Å². The summed E-state index contributed by atoms with van der Waals surface area (Å²) in [5.41, 5.74) is 6.35. The molecule has 1 rings (SSSR count). The summed E-state index contributed by atoms with van der Waals surface area (Å²) in [6.07, 6.45) is 0. The molecule has 5 heteroatoms. The molecule has 0 aliphatic heterocycles. The van der Waals surface area contributed by atoms with Crippen LogP contribution in [0.1, 0.15) is 5.56 Å². The molecule has 80 valence electrons. The van der Waals surface area contributed by atoms with Crippen molar-refractivity contribution in [1.82, 2.24) is 5.12 Å². The van der Waals surface area contributed by atoms with Crippen molar-refractivity contribution in [3.63, 3.8) is 0 Å². The van der Waals surface area contributed by atoms with Crippen LogP contribution in [-0.4, -0.2) is 16.1 Å². The molecule has 0 aliphatic rings. The van der Waals surface area contributed by atoms with Crippen molar-refractivity contribution < 1.29 is 5.11 Å². The molecule has 5 N–H and O–H groups in total. The van der Waals surface area contributed by atoms with E-state index in [1.807, 2.05) is 30.3 Å². The Labute approximate surface area is 88.3 Å². The molecule has 15 heavy (non-hydrogen) atoms. The van der Waals surface area contributed by atoms with Gasteiger partial charge in [0.1, 0.15) is 0 Å². The Bertz CT molecular complexity index is 361. The van der Waals surface area contributed by atoms with Crippen LogP contribution in [0.2, 0.25) is 0 Å². The number of hydrazone groups is 1. The lowest BCUT2D eigenvalue weighted by atomic mass is 10.2. The molecule has 0 atom stereocenters. The molecular weight excluding hydrogens is 192 g/mol. The van der Waals surface area contributed by atoms with Crippen molar-refractivity contribution in [2.24, 2.45) is 16.7 Å². The fourth-order valence-electron chi connectivity index (χ4n) is 1.00. The summed E-state index contributed by atoms with van der Waals surface area (Å²) in [5.74, 6) is 5.18. The summed E-state index contributed by atoms with van der Waals surface area (Å²) in [6, 6.07) is 9.55. The molecule has 5 nitrogen and oxygen atoms in total. The Morgan fingerprint density at radius 1 is 1.40 bits per heavy atom. The van der Waals surface area contributed by atoms with E-state index in [-0.39, 0.29) is 11.6 Å². The minimum absolute atomic E-state index is 0.0894. The van der Waals surface area contributed by atoms with E-state index in [4.69, 9.17) is 16.7 Å². The zero-order chi connectivity index (χ0) is 11.3. The van der Waals surface area contributed by atoms with Gasteiger partial charge in [0.2, 0.25) is 0 Å². The molecule has 0 bridgehead atoms. The molecule has 0 spiro atoms. The zero-order valence-electron chi connectivity index (χ0n) is 8.30. The highest BCUT2D eigenvalue weighted by Gasteiger charge is 2.00. The zero-order valence-corrected chi connectivity index (χ0v) is 8.30. The second kappa shape index (κ2) is 5.02. The van der Waals surface area contributed by atoms with Gasteiger partial charge in [-0.15, -0.1) is 5.10 Å². The molecule has 0 fully saturated rings. The first-order chi connectivity index (χ1) is 7.09. The number of nitrogens with two attached hydrogens (primary N) is 2.